The SMILES string of the molecule is O=C(O)Cc1cc([N+](=O)[O-])c2cnn(C3CCCCO3)c2c1. The fraction of sp³-hybridized carbons (Fsp3) is 0.429. The third-order valence-electron chi connectivity index (χ3n) is 3.73. The molecule has 1 aliphatic rings. The molecular weight excluding hydrogens is 290 g/mol. The van der Waals surface area contributed by atoms with Crippen LogP contribution in [0.15, 0.2) is 18.3 Å². The van der Waals surface area contributed by atoms with E-state index in [1.54, 1.807) is 10.7 Å². The molecule has 0 spiro atoms. The number of nitrogens with zero attached hydrogens (tertiary/aromatic N) is 3. The minimum absolute atomic E-state index is 0.129. The van der Waals surface area contributed by atoms with Crippen LogP contribution < -0.4 is 0 Å². The molecule has 1 fully saturated rings. The molecule has 8 nitrogen and oxygen atoms in total. The molecule has 8 heteroatoms. The topological polar surface area (TPSA) is 107 Å². The highest BCUT2D eigenvalue weighted by Crippen LogP contribution is 2.32. The van der Waals surface area contributed by atoms with E-state index in [9.17, 15) is 14.9 Å². The lowest BCUT2D eigenvalue weighted by molar-refractivity contribution is -0.383. The number of rotatable bonds is 4. The highest BCUT2D eigenvalue weighted by atomic mass is 16.6. The molecule has 0 aliphatic carbocycles. The summed E-state index contributed by atoms with van der Waals surface area (Å²) in [5.41, 5.74) is 0.789. The maximum atomic E-state index is 11.2. The molecule has 1 unspecified atom stereocenters. The number of aromatic nitrogens is 2. The lowest BCUT2D eigenvalue weighted by Gasteiger charge is -2.23. The van der Waals surface area contributed by atoms with Gasteiger partial charge in [-0.25, -0.2) is 4.68 Å². The van der Waals surface area contributed by atoms with Crippen molar-refractivity contribution in [1.29, 1.82) is 0 Å². The van der Waals surface area contributed by atoms with Crippen LogP contribution >= 0.6 is 0 Å². The van der Waals surface area contributed by atoms with Crippen LogP contribution in [0.3, 0.4) is 0 Å². The van der Waals surface area contributed by atoms with E-state index >= 15 is 0 Å². The van der Waals surface area contributed by atoms with Gasteiger partial charge in [0.25, 0.3) is 5.69 Å². The smallest absolute Gasteiger partial charge is 0.307 e. The Morgan fingerprint density at radius 2 is 2.32 bits per heavy atom. The van der Waals surface area contributed by atoms with Gasteiger partial charge in [-0.05, 0) is 30.9 Å². The van der Waals surface area contributed by atoms with Crippen LogP contribution in [0.1, 0.15) is 31.1 Å². The summed E-state index contributed by atoms with van der Waals surface area (Å²) in [5.74, 6) is -1.03. The van der Waals surface area contributed by atoms with Crippen LogP contribution in [-0.2, 0) is 16.0 Å². The van der Waals surface area contributed by atoms with Gasteiger partial charge in [-0.2, -0.15) is 5.10 Å². The Labute approximate surface area is 125 Å². The van der Waals surface area contributed by atoms with Crippen molar-refractivity contribution >= 4 is 22.6 Å². The Kier molecular flexibility index (Phi) is 3.76. The van der Waals surface area contributed by atoms with Crippen molar-refractivity contribution in [2.75, 3.05) is 6.61 Å². The minimum Gasteiger partial charge on any atom is -0.481 e. The number of benzene rings is 1. The second-order valence-corrected chi connectivity index (χ2v) is 5.29. The van der Waals surface area contributed by atoms with Gasteiger partial charge in [-0.15, -0.1) is 0 Å². The first-order chi connectivity index (χ1) is 10.6. The fourth-order valence-corrected chi connectivity index (χ4v) is 2.76. The largest absolute Gasteiger partial charge is 0.481 e. The highest BCUT2D eigenvalue weighted by molar-refractivity contribution is 5.89. The third kappa shape index (κ3) is 2.64. The van der Waals surface area contributed by atoms with Crippen molar-refractivity contribution in [1.82, 2.24) is 9.78 Å². The summed E-state index contributed by atoms with van der Waals surface area (Å²) in [6.45, 7) is 0.628. The van der Waals surface area contributed by atoms with Crippen molar-refractivity contribution in [2.45, 2.75) is 31.9 Å². The van der Waals surface area contributed by atoms with Crippen LogP contribution in [0.5, 0.6) is 0 Å². The molecule has 1 aliphatic heterocycles. The molecule has 0 amide bonds. The normalized spacial score (nSPS) is 18.5. The molecule has 0 radical (unpaired) electrons. The molecule has 0 bridgehead atoms. The molecule has 3 rings (SSSR count). The van der Waals surface area contributed by atoms with Crippen LogP contribution in [0.25, 0.3) is 10.9 Å². The number of hydrogen-bond acceptors (Lipinski definition) is 5. The first kappa shape index (κ1) is 14.5. The number of carboxylic acid groups (broad SMARTS) is 1. The van der Waals surface area contributed by atoms with E-state index in [-0.39, 0.29) is 18.3 Å². The molecule has 22 heavy (non-hydrogen) atoms. The summed E-state index contributed by atoms with van der Waals surface area (Å²) in [4.78, 5) is 21.6. The maximum Gasteiger partial charge on any atom is 0.307 e. The lowest BCUT2D eigenvalue weighted by atomic mass is 10.1. The Morgan fingerprint density at radius 3 is 2.95 bits per heavy atom. The first-order valence-electron chi connectivity index (χ1n) is 7.04. The monoisotopic (exact) mass is 305 g/mol. The van der Waals surface area contributed by atoms with E-state index in [1.165, 1.54) is 12.3 Å². The molecule has 1 aromatic carbocycles. The maximum absolute atomic E-state index is 11.2. The molecule has 2 aromatic rings. The predicted octanol–water partition coefficient (Wildman–Crippen LogP) is 2.27. The molecule has 1 atom stereocenters. The van der Waals surface area contributed by atoms with Crippen molar-refractivity contribution in [3.63, 3.8) is 0 Å². The summed E-state index contributed by atoms with van der Waals surface area (Å²) in [5, 5.41) is 24.8. The Morgan fingerprint density at radius 1 is 1.50 bits per heavy atom. The molecule has 0 saturated carbocycles. The van der Waals surface area contributed by atoms with Crippen molar-refractivity contribution in [2.24, 2.45) is 0 Å². The average Bonchev–Trinajstić information content (AvgIpc) is 2.90. The number of nitro groups is 1. The van der Waals surface area contributed by atoms with Gasteiger partial charge in [0, 0.05) is 12.7 Å². The minimum atomic E-state index is -1.03. The summed E-state index contributed by atoms with van der Waals surface area (Å²) < 4.78 is 7.28. The van der Waals surface area contributed by atoms with E-state index in [0.717, 1.165) is 19.3 Å². The van der Waals surface area contributed by atoms with Gasteiger partial charge in [0.2, 0.25) is 0 Å². The number of ether oxygens (including phenoxy) is 1. The van der Waals surface area contributed by atoms with Crippen LogP contribution in [0.2, 0.25) is 0 Å². The zero-order valence-corrected chi connectivity index (χ0v) is 11.8. The van der Waals surface area contributed by atoms with Crippen LogP contribution in [0.4, 0.5) is 5.69 Å². The Hall–Kier alpha value is -2.48. The van der Waals surface area contributed by atoms with Gasteiger partial charge in [0.1, 0.15) is 0 Å². The van der Waals surface area contributed by atoms with E-state index in [4.69, 9.17) is 9.84 Å². The number of non-ortho nitro benzene ring substituents is 1. The van der Waals surface area contributed by atoms with E-state index in [1.807, 2.05) is 0 Å². The molecule has 2 heterocycles. The van der Waals surface area contributed by atoms with Crippen molar-refractivity contribution in [3.8, 4) is 0 Å². The Balaban J connectivity index is 2.12. The second-order valence-electron chi connectivity index (χ2n) is 5.29. The van der Waals surface area contributed by atoms with Gasteiger partial charge < -0.3 is 9.84 Å². The summed E-state index contributed by atoms with van der Waals surface area (Å²) in [7, 11) is 0. The standard InChI is InChI=1S/C14H15N3O5/c18-14(19)7-9-5-11-10(12(6-9)17(20)21)8-15-16(11)13-3-1-2-4-22-13/h5-6,8,13H,1-4,7H2,(H,18,19). The summed E-state index contributed by atoms with van der Waals surface area (Å²) in [6, 6.07) is 2.94. The number of carbonyl (C=O) groups is 1. The molecule has 1 saturated heterocycles. The lowest BCUT2D eigenvalue weighted by Crippen LogP contribution is -2.19. The van der Waals surface area contributed by atoms with Gasteiger partial charge in [0.15, 0.2) is 6.23 Å². The van der Waals surface area contributed by atoms with E-state index < -0.39 is 10.9 Å². The summed E-state index contributed by atoms with van der Waals surface area (Å²) >= 11 is 0. The number of nitro benzene ring substituents is 1. The molecule has 116 valence electrons. The second kappa shape index (κ2) is 5.72. The zero-order chi connectivity index (χ0) is 15.7. The van der Waals surface area contributed by atoms with E-state index in [2.05, 4.69) is 5.10 Å². The van der Waals surface area contributed by atoms with Gasteiger partial charge in [-0.3, -0.25) is 14.9 Å². The van der Waals surface area contributed by atoms with Crippen LogP contribution in [0, 0.1) is 10.1 Å². The highest BCUT2D eigenvalue weighted by Gasteiger charge is 2.23. The summed E-state index contributed by atoms with van der Waals surface area (Å²) in [6.07, 6.45) is 3.69. The number of fused-ring (bicyclic) bond motifs is 1. The Bertz CT molecular complexity index is 733. The molecule has 1 aromatic heterocycles. The number of hydrogen-bond donors (Lipinski definition) is 1. The van der Waals surface area contributed by atoms with Gasteiger partial charge in [0.05, 0.1) is 28.4 Å². The zero-order valence-electron chi connectivity index (χ0n) is 11.8. The number of aliphatic carboxylic acids is 1. The van der Waals surface area contributed by atoms with Gasteiger partial charge in [-0.1, -0.05) is 0 Å². The number of carboxylic acids is 1. The van der Waals surface area contributed by atoms with E-state index in [0.29, 0.717) is 23.1 Å². The quantitative estimate of drug-likeness (QED) is 0.685. The van der Waals surface area contributed by atoms with Crippen molar-refractivity contribution < 1.29 is 19.6 Å². The first-order valence-corrected chi connectivity index (χ1v) is 7.04. The predicted molar refractivity (Wildman–Crippen MR) is 76.6 cm³/mol. The van der Waals surface area contributed by atoms with Gasteiger partial charge >= 0.3 is 5.97 Å². The average molecular weight is 305 g/mol. The molecule has 1 N–H and O–H groups in total. The van der Waals surface area contributed by atoms with Crippen molar-refractivity contribution in [3.05, 3.63) is 34.0 Å². The third-order valence-corrected chi connectivity index (χ3v) is 3.73. The molecular formula is C14H15N3O5. The van der Waals surface area contributed by atoms with Crippen LogP contribution in [-0.4, -0.2) is 32.4 Å². The fourth-order valence-electron chi connectivity index (χ4n) is 2.76.